The molecule has 0 aliphatic rings. The van der Waals surface area contributed by atoms with Crippen molar-refractivity contribution in [1.82, 2.24) is 13.9 Å². The van der Waals surface area contributed by atoms with E-state index in [9.17, 15) is 8.42 Å². The highest BCUT2D eigenvalue weighted by atomic mass is 32.2. The van der Waals surface area contributed by atoms with Crippen LogP contribution in [-0.4, -0.2) is 41.1 Å². The van der Waals surface area contributed by atoms with Gasteiger partial charge in [-0.2, -0.15) is 4.31 Å². The highest BCUT2D eigenvalue weighted by Crippen LogP contribution is 2.31. The van der Waals surface area contributed by atoms with Crippen molar-refractivity contribution < 1.29 is 8.42 Å². The van der Waals surface area contributed by atoms with Crippen molar-refractivity contribution >= 4 is 10.0 Å². The fraction of sp³-hybridized carbons (Fsp3) is 0.786. The number of hydrogen-bond donors (Lipinski definition) is 0. The molecule has 0 aliphatic carbocycles. The second-order valence-corrected chi connectivity index (χ2v) is 8.48. The molecule has 0 aliphatic heterocycles. The molecule has 116 valence electrons. The maximum Gasteiger partial charge on any atom is 0.211 e. The first-order chi connectivity index (χ1) is 8.97. The van der Waals surface area contributed by atoms with E-state index in [4.69, 9.17) is 0 Å². The summed E-state index contributed by atoms with van der Waals surface area (Å²) in [5.41, 5.74) is 0.717. The fourth-order valence-corrected chi connectivity index (χ4v) is 3.53. The Balaban J connectivity index is 2.95. The van der Waals surface area contributed by atoms with Gasteiger partial charge in [0.25, 0.3) is 0 Å². The third-order valence-electron chi connectivity index (χ3n) is 3.91. The molecule has 0 radical (unpaired) electrons. The number of aromatic nitrogens is 2. The molecule has 0 saturated carbocycles. The van der Waals surface area contributed by atoms with Crippen LogP contribution >= 0.6 is 0 Å². The molecule has 0 N–H and O–H groups in total. The fourth-order valence-electron chi connectivity index (χ4n) is 2.56. The Morgan fingerprint density at radius 1 is 1.35 bits per heavy atom. The van der Waals surface area contributed by atoms with E-state index in [-0.39, 0.29) is 5.92 Å². The van der Waals surface area contributed by atoms with Gasteiger partial charge in [-0.1, -0.05) is 6.92 Å². The van der Waals surface area contributed by atoms with Crippen molar-refractivity contribution in [2.45, 2.75) is 58.5 Å². The van der Waals surface area contributed by atoms with Crippen LogP contribution in [0.2, 0.25) is 0 Å². The Labute approximate surface area is 123 Å². The maximum atomic E-state index is 11.7. The molecule has 1 rings (SSSR count). The Kier molecular flexibility index (Phi) is 5.03. The van der Waals surface area contributed by atoms with Crippen LogP contribution in [0.25, 0.3) is 0 Å². The largest absolute Gasteiger partial charge is 0.332 e. The first-order valence-electron chi connectivity index (χ1n) is 6.92. The Morgan fingerprint density at radius 3 is 2.35 bits per heavy atom. The van der Waals surface area contributed by atoms with Crippen molar-refractivity contribution in [1.29, 1.82) is 0 Å². The van der Waals surface area contributed by atoms with Crippen LogP contribution in [0.1, 0.15) is 58.7 Å². The molecule has 0 bridgehead atoms. The van der Waals surface area contributed by atoms with Crippen LogP contribution in [0, 0.1) is 0 Å². The molecule has 1 aromatic heterocycles. The van der Waals surface area contributed by atoms with Crippen LogP contribution in [0.15, 0.2) is 12.5 Å². The van der Waals surface area contributed by atoms with E-state index in [2.05, 4.69) is 30.3 Å². The van der Waals surface area contributed by atoms with Crippen LogP contribution in [-0.2, 0) is 10.0 Å². The minimum absolute atomic E-state index is 0.235. The summed E-state index contributed by atoms with van der Waals surface area (Å²) >= 11 is 0. The Morgan fingerprint density at radius 2 is 1.90 bits per heavy atom. The van der Waals surface area contributed by atoms with Gasteiger partial charge in [0, 0.05) is 30.5 Å². The van der Waals surface area contributed by atoms with E-state index in [1.807, 2.05) is 26.4 Å². The van der Waals surface area contributed by atoms with E-state index >= 15 is 0 Å². The SMILES string of the molecule is CC(CC(C)(C)N(C)S(C)(=O)=O)c1cncn1C(C)C. The predicted octanol–water partition coefficient (Wildman–Crippen LogP) is 2.63. The Hall–Kier alpha value is -0.880. The van der Waals surface area contributed by atoms with Crippen molar-refractivity contribution in [3.05, 3.63) is 18.2 Å². The Bertz CT molecular complexity index is 547. The molecule has 1 unspecified atom stereocenters. The van der Waals surface area contributed by atoms with E-state index in [0.29, 0.717) is 6.04 Å². The van der Waals surface area contributed by atoms with Crippen LogP contribution in [0.4, 0.5) is 0 Å². The molecule has 6 heteroatoms. The minimum Gasteiger partial charge on any atom is -0.332 e. The molecule has 1 heterocycles. The quantitative estimate of drug-likeness (QED) is 0.811. The van der Waals surface area contributed by atoms with Gasteiger partial charge in [0.2, 0.25) is 10.0 Å². The molecule has 0 fully saturated rings. The molecule has 0 aromatic carbocycles. The van der Waals surface area contributed by atoms with Gasteiger partial charge in [-0.15, -0.1) is 0 Å². The monoisotopic (exact) mass is 301 g/mol. The van der Waals surface area contributed by atoms with Gasteiger partial charge in [0.1, 0.15) is 0 Å². The smallest absolute Gasteiger partial charge is 0.211 e. The lowest BCUT2D eigenvalue weighted by Crippen LogP contribution is -2.45. The minimum atomic E-state index is -3.19. The van der Waals surface area contributed by atoms with E-state index in [0.717, 1.165) is 12.1 Å². The van der Waals surface area contributed by atoms with Gasteiger partial charge in [-0.05, 0) is 40.0 Å². The summed E-state index contributed by atoms with van der Waals surface area (Å²) in [5.74, 6) is 0.235. The summed E-state index contributed by atoms with van der Waals surface area (Å²) < 4.78 is 27.0. The second-order valence-electron chi connectivity index (χ2n) is 6.47. The number of imidazole rings is 1. The van der Waals surface area contributed by atoms with Gasteiger partial charge in [0.05, 0.1) is 12.6 Å². The number of nitrogens with zero attached hydrogens (tertiary/aromatic N) is 3. The van der Waals surface area contributed by atoms with Gasteiger partial charge >= 0.3 is 0 Å². The van der Waals surface area contributed by atoms with Crippen molar-refractivity contribution in [3.8, 4) is 0 Å². The molecular formula is C14H27N3O2S. The molecule has 5 nitrogen and oxygen atoms in total. The number of hydrogen-bond acceptors (Lipinski definition) is 3. The molecule has 0 saturated heterocycles. The maximum absolute atomic E-state index is 11.7. The summed E-state index contributed by atoms with van der Waals surface area (Å²) in [6, 6.07) is 0.352. The normalized spacial score (nSPS) is 15.1. The van der Waals surface area contributed by atoms with Gasteiger partial charge < -0.3 is 4.57 Å². The number of sulfonamides is 1. The average Bonchev–Trinajstić information content (AvgIpc) is 2.74. The van der Waals surface area contributed by atoms with E-state index in [1.165, 1.54) is 10.6 Å². The zero-order valence-electron chi connectivity index (χ0n) is 13.6. The molecular weight excluding hydrogens is 274 g/mol. The zero-order chi connectivity index (χ0) is 15.7. The first kappa shape index (κ1) is 17.2. The topological polar surface area (TPSA) is 55.2 Å². The first-order valence-corrected chi connectivity index (χ1v) is 8.77. The lowest BCUT2D eigenvalue weighted by molar-refractivity contribution is 0.234. The van der Waals surface area contributed by atoms with Gasteiger partial charge in [-0.3, -0.25) is 0 Å². The standard InChI is InChI=1S/C14H27N3O2S/c1-11(2)17-10-15-9-13(17)12(3)8-14(4,5)16(6)20(7,18)19/h9-12H,8H2,1-7H3. The summed E-state index contributed by atoms with van der Waals surface area (Å²) in [7, 11) is -1.55. The van der Waals surface area contributed by atoms with Gasteiger partial charge in [-0.25, -0.2) is 13.4 Å². The average molecular weight is 301 g/mol. The third kappa shape index (κ3) is 3.82. The number of rotatable bonds is 6. The van der Waals surface area contributed by atoms with Gasteiger partial charge in [0.15, 0.2) is 0 Å². The van der Waals surface area contributed by atoms with Crippen LogP contribution in [0.3, 0.4) is 0 Å². The van der Waals surface area contributed by atoms with Crippen molar-refractivity contribution in [2.75, 3.05) is 13.3 Å². The lowest BCUT2D eigenvalue weighted by Gasteiger charge is -2.36. The summed E-state index contributed by atoms with van der Waals surface area (Å²) in [5, 5.41) is 0. The third-order valence-corrected chi connectivity index (χ3v) is 5.40. The molecule has 20 heavy (non-hydrogen) atoms. The predicted molar refractivity (Wildman–Crippen MR) is 82.3 cm³/mol. The van der Waals surface area contributed by atoms with Crippen molar-refractivity contribution in [3.63, 3.8) is 0 Å². The molecule has 1 aromatic rings. The summed E-state index contributed by atoms with van der Waals surface area (Å²) in [4.78, 5) is 4.22. The summed E-state index contributed by atoms with van der Waals surface area (Å²) in [6.45, 7) is 10.3. The highest BCUT2D eigenvalue weighted by Gasteiger charge is 2.32. The van der Waals surface area contributed by atoms with E-state index in [1.54, 1.807) is 7.05 Å². The van der Waals surface area contributed by atoms with Crippen LogP contribution in [0.5, 0.6) is 0 Å². The van der Waals surface area contributed by atoms with E-state index < -0.39 is 15.6 Å². The van der Waals surface area contributed by atoms with Crippen LogP contribution < -0.4 is 0 Å². The molecule has 1 atom stereocenters. The zero-order valence-corrected chi connectivity index (χ0v) is 14.4. The molecule has 0 spiro atoms. The lowest BCUT2D eigenvalue weighted by atomic mass is 9.90. The highest BCUT2D eigenvalue weighted by molar-refractivity contribution is 7.88. The van der Waals surface area contributed by atoms with Crippen molar-refractivity contribution in [2.24, 2.45) is 0 Å². The second kappa shape index (κ2) is 5.85. The summed E-state index contributed by atoms with van der Waals surface area (Å²) in [6.07, 6.45) is 5.71. The molecule has 0 amide bonds.